The van der Waals surface area contributed by atoms with Crippen LogP contribution in [-0.4, -0.2) is 27.2 Å². The van der Waals surface area contributed by atoms with Gasteiger partial charge in [-0.1, -0.05) is 36.7 Å². The Morgan fingerprint density at radius 2 is 1.82 bits per heavy atom. The molecule has 0 aliphatic carbocycles. The monoisotopic (exact) mass is 552 g/mol. The number of aryl methyl sites for hydroxylation is 1. The van der Waals surface area contributed by atoms with Gasteiger partial charge in [-0.05, 0) is 48.9 Å². The largest absolute Gasteiger partial charge is 0.469 e. The number of carbonyl (C=O) groups excluding carboxylic acids is 1. The average molecular weight is 553 g/mol. The number of methoxy groups -OCH3 is 1. The van der Waals surface area contributed by atoms with Gasteiger partial charge in [-0.25, -0.2) is 14.2 Å². The second-order valence-electron chi connectivity index (χ2n) is 8.86. The van der Waals surface area contributed by atoms with Gasteiger partial charge in [-0.3, -0.25) is 18.7 Å². The van der Waals surface area contributed by atoms with Crippen molar-refractivity contribution < 1.29 is 18.7 Å². The van der Waals surface area contributed by atoms with E-state index in [-0.39, 0.29) is 18.9 Å². The molecule has 0 spiro atoms. The van der Waals surface area contributed by atoms with Crippen molar-refractivity contribution in [1.29, 1.82) is 0 Å². The maximum Gasteiger partial charge on any atom is 0.332 e. The fourth-order valence-corrected chi connectivity index (χ4v) is 4.00. The summed E-state index contributed by atoms with van der Waals surface area (Å²) in [7, 11) is 1.25. The SMILES string of the molecule is COC(=O)[C@@H](C)Cn1c(=O)cc(Nc2ccc(Oc3cccc(F)c3)c(C)n2)n(Cc2ccc(Cl)cc2)c1=O. The van der Waals surface area contributed by atoms with Crippen molar-refractivity contribution >= 4 is 29.2 Å². The van der Waals surface area contributed by atoms with Crippen LogP contribution in [0.1, 0.15) is 18.2 Å². The van der Waals surface area contributed by atoms with Gasteiger partial charge in [0.25, 0.3) is 5.56 Å². The standard InChI is InChI=1S/C28H26ClFN4O5/c1-17(27(36)38-3)15-34-26(35)14-25(33(28(34)37)16-19-7-9-20(29)10-8-19)32-24-12-11-23(18(2)31-24)39-22-6-4-5-21(30)13-22/h4-14,17H,15-16H2,1-3H3,(H,31,32)/t17-/m0/s1. The summed E-state index contributed by atoms with van der Waals surface area (Å²) in [6.45, 7) is 3.26. The van der Waals surface area contributed by atoms with E-state index >= 15 is 0 Å². The average Bonchev–Trinajstić information content (AvgIpc) is 2.91. The number of rotatable bonds is 9. The van der Waals surface area contributed by atoms with Gasteiger partial charge < -0.3 is 14.8 Å². The Bertz CT molecular complexity index is 1620. The van der Waals surface area contributed by atoms with E-state index in [0.29, 0.717) is 28.0 Å². The van der Waals surface area contributed by atoms with Crippen molar-refractivity contribution in [3.05, 3.63) is 110 Å². The third kappa shape index (κ3) is 6.71. The summed E-state index contributed by atoms with van der Waals surface area (Å²) in [6, 6.07) is 17.2. The lowest BCUT2D eigenvalue weighted by Crippen LogP contribution is -2.42. The number of benzene rings is 2. The number of halogens is 2. The molecule has 9 nitrogen and oxygen atoms in total. The summed E-state index contributed by atoms with van der Waals surface area (Å²) in [5, 5.41) is 3.59. The molecule has 2 aromatic carbocycles. The van der Waals surface area contributed by atoms with E-state index in [1.54, 1.807) is 56.3 Å². The second-order valence-corrected chi connectivity index (χ2v) is 9.30. The highest BCUT2D eigenvalue weighted by Gasteiger charge is 2.19. The van der Waals surface area contributed by atoms with Crippen molar-refractivity contribution in [1.82, 2.24) is 14.1 Å². The van der Waals surface area contributed by atoms with Gasteiger partial charge >= 0.3 is 11.7 Å². The van der Waals surface area contributed by atoms with Crippen LogP contribution in [0.25, 0.3) is 0 Å². The molecule has 0 amide bonds. The second kappa shape index (κ2) is 12.0. The lowest BCUT2D eigenvalue weighted by molar-refractivity contribution is -0.145. The van der Waals surface area contributed by atoms with E-state index < -0.39 is 29.0 Å². The molecule has 4 aromatic rings. The zero-order valence-corrected chi connectivity index (χ0v) is 22.2. The topological polar surface area (TPSA) is 104 Å². The molecule has 0 aliphatic heterocycles. The molecule has 202 valence electrons. The lowest BCUT2D eigenvalue weighted by Gasteiger charge is -2.18. The maximum absolute atomic E-state index is 13.5. The number of carbonyl (C=O) groups is 1. The van der Waals surface area contributed by atoms with E-state index in [2.05, 4.69) is 10.3 Å². The van der Waals surface area contributed by atoms with Crippen molar-refractivity contribution in [2.75, 3.05) is 12.4 Å². The molecule has 0 saturated heterocycles. The number of nitrogens with one attached hydrogen (secondary N) is 1. The minimum absolute atomic E-state index is 0.116. The fourth-order valence-electron chi connectivity index (χ4n) is 3.88. The molecule has 0 unspecified atom stereocenters. The molecule has 39 heavy (non-hydrogen) atoms. The quantitative estimate of drug-likeness (QED) is 0.294. The molecule has 0 fully saturated rings. The van der Waals surface area contributed by atoms with Gasteiger partial charge in [0.1, 0.15) is 29.0 Å². The normalized spacial score (nSPS) is 11.6. The van der Waals surface area contributed by atoms with Crippen LogP contribution in [0.5, 0.6) is 11.5 Å². The Hall–Kier alpha value is -4.44. The smallest absolute Gasteiger partial charge is 0.332 e. The minimum atomic E-state index is -0.710. The fraction of sp³-hybridized carbons (Fsp3) is 0.214. The van der Waals surface area contributed by atoms with Crippen LogP contribution in [0.15, 0.2) is 76.3 Å². The highest BCUT2D eigenvalue weighted by Crippen LogP contribution is 2.26. The number of hydrogen-bond acceptors (Lipinski definition) is 7. The summed E-state index contributed by atoms with van der Waals surface area (Å²) in [5.74, 6) is -0.382. The molecule has 1 N–H and O–H groups in total. The van der Waals surface area contributed by atoms with E-state index in [9.17, 15) is 18.8 Å². The number of aromatic nitrogens is 3. The zero-order valence-electron chi connectivity index (χ0n) is 21.5. The Labute approximate surface area is 228 Å². The van der Waals surface area contributed by atoms with Gasteiger partial charge in [0.2, 0.25) is 0 Å². The molecule has 1 atom stereocenters. The van der Waals surface area contributed by atoms with E-state index in [1.807, 2.05) is 0 Å². The highest BCUT2D eigenvalue weighted by molar-refractivity contribution is 6.30. The number of nitrogens with zero attached hydrogens (tertiary/aromatic N) is 3. The molecule has 0 radical (unpaired) electrons. The van der Waals surface area contributed by atoms with Gasteiger partial charge in [0, 0.05) is 23.7 Å². The highest BCUT2D eigenvalue weighted by atomic mass is 35.5. The molecule has 0 bridgehead atoms. The first-order valence-electron chi connectivity index (χ1n) is 12.0. The third-order valence-electron chi connectivity index (χ3n) is 5.91. The summed E-state index contributed by atoms with van der Waals surface area (Å²) < 4.78 is 26.4. The third-order valence-corrected chi connectivity index (χ3v) is 6.16. The number of esters is 1. The molecule has 2 aromatic heterocycles. The Kier molecular flexibility index (Phi) is 8.46. The Morgan fingerprint density at radius 1 is 1.08 bits per heavy atom. The first-order chi connectivity index (χ1) is 18.6. The van der Waals surface area contributed by atoms with Gasteiger partial charge in [0.15, 0.2) is 0 Å². The zero-order chi connectivity index (χ0) is 28.1. The van der Waals surface area contributed by atoms with Crippen molar-refractivity contribution in [2.45, 2.75) is 26.9 Å². The van der Waals surface area contributed by atoms with Crippen LogP contribution in [0.4, 0.5) is 16.0 Å². The number of anilines is 2. The van der Waals surface area contributed by atoms with Crippen molar-refractivity contribution in [3.63, 3.8) is 0 Å². The summed E-state index contributed by atoms with van der Waals surface area (Å²) in [4.78, 5) is 42.9. The van der Waals surface area contributed by atoms with Crippen LogP contribution in [0.2, 0.25) is 5.02 Å². The molecular formula is C28H26ClFN4O5. The number of ether oxygens (including phenoxy) is 2. The summed E-state index contributed by atoms with van der Waals surface area (Å²) >= 11 is 6.01. The van der Waals surface area contributed by atoms with Crippen LogP contribution < -0.4 is 21.3 Å². The van der Waals surface area contributed by atoms with Crippen molar-refractivity contribution in [2.24, 2.45) is 5.92 Å². The first kappa shape index (κ1) is 27.6. The van der Waals surface area contributed by atoms with E-state index in [0.717, 1.165) is 10.1 Å². The van der Waals surface area contributed by atoms with Gasteiger partial charge in [0.05, 0.1) is 25.3 Å². The molecular weight excluding hydrogens is 527 g/mol. The molecule has 0 aliphatic rings. The predicted octanol–water partition coefficient (Wildman–Crippen LogP) is 4.90. The summed E-state index contributed by atoms with van der Waals surface area (Å²) in [6.07, 6.45) is 0. The summed E-state index contributed by atoms with van der Waals surface area (Å²) in [5.41, 5.74) is 0.0572. The molecule has 0 saturated carbocycles. The Balaban J connectivity index is 1.69. The van der Waals surface area contributed by atoms with Crippen LogP contribution >= 0.6 is 11.6 Å². The van der Waals surface area contributed by atoms with E-state index in [1.165, 1.54) is 35.9 Å². The van der Waals surface area contributed by atoms with Crippen LogP contribution in [0, 0.1) is 18.7 Å². The molecule has 11 heteroatoms. The molecule has 4 rings (SSSR count). The molecule has 2 heterocycles. The number of pyridine rings is 1. The van der Waals surface area contributed by atoms with Crippen LogP contribution in [0.3, 0.4) is 0 Å². The predicted molar refractivity (Wildman–Crippen MR) is 145 cm³/mol. The van der Waals surface area contributed by atoms with Gasteiger partial charge in [-0.15, -0.1) is 0 Å². The van der Waals surface area contributed by atoms with Crippen molar-refractivity contribution in [3.8, 4) is 11.5 Å². The Morgan fingerprint density at radius 3 is 2.49 bits per heavy atom. The maximum atomic E-state index is 13.5. The minimum Gasteiger partial charge on any atom is -0.469 e. The number of hydrogen-bond donors (Lipinski definition) is 1. The lowest BCUT2D eigenvalue weighted by atomic mass is 10.2. The van der Waals surface area contributed by atoms with Crippen LogP contribution in [-0.2, 0) is 22.6 Å². The van der Waals surface area contributed by atoms with E-state index in [4.69, 9.17) is 21.1 Å². The van der Waals surface area contributed by atoms with Gasteiger partial charge in [-0.2, -0.15) is 0 Å². The first-order valence-corrected chi connectivity index (χ1v) is 12.4.